The molecule has 1 aliphatic rings. The summed E-state index contributed by atoms with van der Waals surface area (Å²) in [5, 5.41) is 7.16. The first kappa shape index (κ1) is 12.9. The number of anilines is 1. The lowest BCUT2D eigenvalue weighted by atomic mass is 9.80. The largest absolute Gasteiger partial charge is 0.396 e. The first-order chi connectivity index (χ1) is 8.47. The van der Waals surface area contributed by atoms with E-state index in [0.717, 1.165) is 12.3 Å². The summed E-state index contributed by atoms with van der Waals surface area (Å²) >= 11 is 0. The lowest BCUT2D eigenvalue weighted by Crippen LogP contribution is -2.42. The van der Waals surface area contributed by atoms with Crippen molar-refractivity contribution in [3.05, 3.63) is 11.9 Å². The monoisotopic (exact) mass is 250 g/mol. The van der Waals surface area contributed by atoms with Gasteiger partial charge in [-0.2, -0.15) is 5.10 Å². The quantitative estimate of drug-likeness (QED) is 0.836. The fourth-order valence-corrected chi connectivity index (χ4v) is 2.80. The van der Waals surface area contributed by atoms with Crippen molar-refractivity contribution in [1.29, 1.82) is 0 Å². The van der Waals surface area contributed by atoms with Crippen LogP contribution in [0.2, 0.25) is 0 Å². The summed E-state index contributed by atoms with van der Waals surface area (Å²) in [6.45, 7) is 4.47. The highest BCUT2D eigenvalue weighted by molar-refractivity contribution is 5.97. The van der Waals surface area contributed by atoms with E-state index in [0.29, 0.717) is 17.3 Å². The standard InChI is InChI=1S/C13H22N4O/c1-8-4-5-11(9(2)6-8)15-13(18)12-10(14)7-17(3)16-12/h7-9,11H,4-6,14H2,1-3H3,(H,15,18). The van der Waals surface area contributed by atoms with Gasteiger partial charge in [-0.05, 0) is 31.1 Å². The minimum Gasteiger partial charge on any atom is -0.396 e. The highest BCUT2D eigenvalue weighted by Crippen LogP contribution is 2.28. The van der Waals surface area contributed by atoms with E-state index in [1.165, 1.54) is 12.8 Å². The second kappa shape index (κ2) is 5.00. The molecule has 1 amide bonds. The van der Waals surface area contributed by atoms with Gasteiger partial charge in [0.1, 0.15) is 0 Å². The molecule has 0 saturated heterocycles. The van der Waals surface area contributed by atoms with Crippen LogP contribution in [0.25, 0.3) is 0 Å². The number of aryl methyl sites for hydroxylation is 1. The Kier molecular flexibility index (Phi) is 3.59. The second-order valence-corrected chi connectivity index (χ2v) is 5.58. The van der Waals surface area contributed by atoms with E-state index in [1.54, 1.807) is 17.9 Å². The van der Waals surface area contributed by atoms with Crippen molar-refractivity contribution >= 4 is 11.6 Å². The summed E-state index contributed by atoms with van der Waals surface area (Å²) in [5.74, 6) is 1.12. The molecule has 5 heteroatoms. The highest BCUT2D eigenvalue weighted by atomic mass is 16.2. The average Bonchev–Trinajstić information content (AvgIpc) is 2.62. The minimum absolute atomic E-state index is 0.153. The number of amides is 1. The average molecular weight is 250 g/mol. The van der Waals surface area contributed by atoms with Crippen molar-refractivity contribution in [3.63, 3.8) is 0 Å². The van der Waals surface area contributed by atoms with Gasteiger partial charge in [-0.1, -0.05) is 13.8 Å². The first-order valence-electron chi connectivity index (χ1n) is 6.57. The molecule has 1 aromatic rings. The molecule has 0 aliphatic heterocycles. The molecular formula is C13H22N4O. The Morgan fingerprint density at radius 1 is 1.50 bits per heavy atom. The van der Waals surface area contributed by atoms with Gasteiger partial charge in [-0.25, -0.2) is 0 Å². The van der Waals surface area contributed by atoms with Crippen molar-refractivity contribution < 1.29 is 4.79 Å². The van der Waals surface area contributed by atoms with E-state index < -0.39 is 0 Å². The predicted molar refractivity (Wildman–Crippen MR) is 71.1 cm³/mol. The highest BCUT2D eigenvalue weighted by Gasteiger charge is 2.27. The zero-order chi connectivity index (χ0) is 13.3. The van der Waals surface area contributed by atoms with Crippen LogP contribution < -0.4 is 11.1 Å². The predicted octanol–water partition coefficient (Wildman–Crippen LogP) is 1.56. The minimum atomic E-state index is -0.153. The van der Waals surface area contributed by atoms with Gasteiger partial charge in [0.15, 0.2) is 5.69 Å². The molecule has 3 unspecified atom stereocenters. The van der Waals surface area contributed by atoms with Crippen LogP contribution in [-0.4, -0.2) is 21.7 Å². The van der Waals surface area contributed by atoms with Gasteiger partial charge in [0, 0.05) is 19.3 Å². The number of hydrogen-bond acceptors (Lipinski definition) is 3. The Labute approximate surface area is 108 Å². The summed E-state index contributed by atoms with van der Waals surface area (Å²) in [6, 6.07) is 0.245. The number of nitrogens with two attached hydrogens (primary N) is 1. The maximum absolute atomic E-state index is 12.1. The van der Waals surface area contributed by atoms with Crippen LogP contribution in [0.5, 0.6) is 0 Å². The number of carbonyl (C=O) groups excluding carboxylic acids is 1. The lowest BCUT2D eigenvalue weighted by molar-refractivity contribution is 0.0894. The molecule has 5 nitrogen and oxygen atoms in total. The van der Waals surface area contributed by atoms with Crippen LogP contribution in [0, 0.1) is 11.8 Å². The van der Waals surface area contributed by atoms with E-state index in [4.69, 9.17) is 5.73 Å². The van der Waals surface area contributed by atoms with E-state index in [-0.39, 0.29) is 11.9 Å². The molecular weight excluding hydrogens is 228 g/mol. The summed E-state index contributed by atoms with van der Waals surface area (Å²) in [4.78, 5) is 12.1. The Hall–Kier alpha value is -1.52. The van der Waals surface area contributed by atoms with Crippen molar-refractivity contribution in [1.82, 2.24) is 15.1 Å². The Morgan fingerprint density at radius 3 is 2.78 bits per heavy atom. The fourth-order valence-electron chi connectivity index (χ4n) is 2.80. The second-order valence-electron chi connectivity index (χ2n) is 5.58. The third-order valence-corrected chi connectivity index (χ3v) is 3.82. The fraction of sp³-hybridized carbons (Fsp3) is 0.692. The number of rotatable bonds is 2. The van der Waals surface area contributed by atoms with Crippen LogP contribution in [-0.2, 0) is 7.05 Å². The molecule has 100 valence electrons. The van der Waals surface area contributed by atoms with Crippen molar-refractivity contribution in [3.8, 4) is 0 Å². The van der Waals surface area contributed by atoms with E-state index in [1.807, 2.05) is 0 Å². The molecule has 1 aliphatic carbocycles. The summed E-state index contributed by atoms with van der Waals surface area (Å²) in [7, 11) is 1.76. The number of aromatic nitrogens is 2. The molecule has 1 saturated carbocycles. The van der Waals surface area contributed by atoms with E-state index >= 15 is 0 Å². The van der Waals surface area contributed by atoms with Gasteiger partial charge >= 0.3 is 0 Å². The number of nitrogens with one attached hydrogen (secondary N) is 1. The molecule has 0 radical (unpaired) electrons. The van der Waals surface area contributed by atoms with Gasteiger partial charge in [-0.15, -0.1) is 0 Å². The van der Waals surface area contributed by atoms with Crippen LogP contribution in [0.4, 0.5) is 5.69 Å². The molecule has 1 fully saturated rings. The first-order valence-corrected chi connectivity index (χ1v) is 6.57. The van der Waals surface area contributed by atoms with Crippen LogP contribution in [0.1, 0.15) is 43.6 Å². The molecule has 0 aromatic carbocycles. The van der Waals surface area contributed by atoms with Crippen LogP contribution >= 0.6 is 0 Å². The molecule has 1 aromatic heterocycles. The Bertz CT molecular complexity index is 440. The smallest absolute Gasteiger partial charge is 0.274 e. The molecule has 3 atom stereocenters. The van der Waals surface area contributed by atoms with Gasteiger partial charge < -0.3 is 11.1 Å². The van der Waals surface area contributed by atoms with E-state index in [2.05, 4.69) is 24.3 Å². The normalized spacial score (nSPS) is 28.1. The van der Waals surface area contributed by atoms with Crippen LogP contribution in [0.15, 0.2) is 6.20 Å². The third-order valence-electron chi connectivity index (χ3n) is 3.82. The maximum Gasteiger partial charge on any atom is 0.274 e. The lowest BCUT2D eigenvalue weighted by Gasteiger charge is -2.32. The summed E-state index contributed by atoms with van der Waals surface area (Å²) in [5.41, 5.74) is 6.53. The molecule has 0 spiro atoms. The Morgan fingerprint density at radius 2 is 2.22 bits per heavy atom. The van der Waals surface area contributed by atoms with Gasteiger partial charge in [0.05, 0.1) is 5.69 Å². The zero-order valence-corrected chi connectivity index (χ0v) is 11.3. The van der Waals surface area contributed by atoms with Crippen LogP contribution in [0.3, 0.4) is 0 Å². The molecule has 3 N–H and O–H groups in total. The summed E-state index contributed by atoms with van der Waals surface area (Å²) < 4.78 is 1.57. The topological polar surface area (TPSA) is 72.9 Å². The number of carbonyl (C=O) groups is 1. The molecule has 0 bridgehead atoms. The molecule has 2 rings (SSSR count). The number of nitrogens with zero attached hydrogens (tertiary/aromatic N) is 2. The zero-order valence-electron chi connectivity index (χ0n) is 11.3. The molecule has 18 heavy (non-hydrogen) atoms. The molecule has 1 heterocycles. The van der Waals surface area contributed by atoms with E-state index in [9.17, 15) is 4.79 Å². The van der Waals surface area contributed by atoms with Gasteiger partial charge in [0.2, 0.25) is 0 Å². The third kappa shape index (κ3) is 2.66. The Balaban J connectivity index is 2.01. The number of hydrogen-bond donors (Lipinski definition) is 2. The summed E-state index contributed by atoms with van der Waals surface area (Å²) in [6.07, 6.45) is 5.04. The maximum atomic E-state index is 12.1. The van der Waals surface area contributed by atoms with Gasteiger partial charge in [-0.3, -0.25) is 9.48 Å². The van der Waals surface area contributed by atoms with Crippen molar-refractivity contribution in [2.24, 2.45) is 18.9 Å². The van der Waals surface area contributed by atoms with Gasteiger partial charge in [0.25, 0.3) is 5.91 Å². The van der Waals surface area contributed by atoms with Crippen molar-refractivity contribution in [2.45, 2.75) is 39.2 Å². The number of nitrogen functional groups attached to an aromatic ring is 1. The van der Waals surface area contributed by atoms with Crippen molar-refractivity contribution in [2.75, 3.05) is 5.73 Å². The SMILES string of the molecule is CC1CCC(NC(=O)c2nn(C)cc2N)C(C)C1.